The highest BCUT2D eigenvalue weighted by atomic mass is 16.5. The monoisotopic (exact) mass is 246 g/mol. The molecule has 1 N–H and O–H groups in total. The van der Waals surface area contributed by atoms with Crippen molar-refractivity contribution in [2.45, 2.75) is 19.1 Å². The third-order valence-electron chi connectivity index (χ3n) is 2.82. The van der Waals surface area contributed by atoms with Crippen LogP contribution in [0.25, 0.3) is 0 Å². The Labute approximate surface area is 105 Å². The maximum absolute atomic E-state index is 11.4. The summed E-state index contributed by atoms with van der Waals surface area (Å²) in [5.41, 5.74) is -0.780. The third-order valence-corrected chi connectivity index (χ3v) is 2.82. The van der Waals surface area contributed by atoms with E-state index in [9.17, 15) is 9.90 Å². The third kappa shape index (κ3) is 2.43. The molecule has 2 aromatic rings. The summed E-state index contributed by atoms with van der Waals surface area (Å²) in [6.07, 6.45) is 1.53. The number of hydrogen-bond acceptors (Lipinski definition) is 3. The van der Waals surface area contributed by atoms with Gasteiger partial charge in [0.05, 0.1) is 6.26 Å². The summed E-state index contributed by atoms with van der Waals surface area (Å²) < 4.78 is 10.7. The molecule has 0 bridgehead atoms. The van der Waals surface area contributed by atoms with Crippen LogP contribution in [0.2, 0.25) is 0 Å². The number of carboxylic acids is 1. The Kier molecular flexibility index (Phi) is 3.48. The SMILES string of the molecule is CC(OCc1ccco1)(C(=O)O)c1ccccc1. The Morgan fingerprint density at radius 2 is 2.00 bits per heavy atom. The Hall–Kier alpha value is -2.07. The van der Waals surface area contributed by atoms with E-state index in [2.05, 4.69) is 0 Å². The lowest BCUT2D eigenvalue weighted by molar-refractivity contribution is -0.167. The standard InChI is InChI=1S/C14H14O4/c1-14(13(15)16,11-6-3-2-4-7-11)18-10-12-8-5-9-17-12/h2-9H,10H2,1H3,(H,15,16). The predicted octanol–water partition coefficient (Wildman–Crippen LogP) is 2.80. The van der Waals surface area contributed by atoms with Crippen molar-refractivity contribution in [3.63, 3.8) is 0 Å². The van der Waals surface area contributed by atoms with Gasteiger partial charge in [0, 0.05) is 0 Å². The average molecular weight is 246 g/mol. The van der Waals surface area contributed by atoms with Crippen molar-refractivity contribution in [2.24, 2.45) is 0 Å². The maximum Gasteiger partial charge on any atom is 0.340 e. The lowest BCUT2D eigenvalue weighted by atomic mass is 9.96. The van der Waals surface area contributed by atoms with E-state index in [0.29, 0.717) is 11.3 Å². The molecule has 1 atom stereocenters. The van der Waals surface area contributed by atoms with Crippen molar-refractivity contribution in [3.05, 3.63) is 60.1 Å². The van der Waals surface area contributed by atoms with Crippen molar-refractivity contribution < 1.29 is 19.1 Å². The highest BCUT2D eigenvalue weighted by Gasteiger charge is 2.36. The van der Waals surface area contributed by atoms with E-state index in [0.717, 1.165) is 0 Å². The summed E-state index contributed by atoms with van der Waals surface area (Å²) in [6, 6.07) is 12.3. The molecular formula is C14H14O4. The molecule has 0 aliphatic carbocycles. The van der Waals surface area contributed by atoms with Gasteiger partial charge in [-0.25, -0.2) is 4.79 Å². The molecule has 0 amide bonds. The fourth-order valence-electron chi connectivity index (χ4n) is 1.63. The molecule has 0 aliphatic rings. The van der Waals surface area contributed by atoms with Crippen LogP contribution >= 0.6 is 0 Å². The van der Waals surface area contributed by atoms with Crippen molar-refractivity contribution in [1.29, 1.82) is 0 Å². The summed E-state index contributed by atoms with van der Waals surface area (Å²) in [7, 11) is 0. The number of hydrogen-bond donors (Lipinski definition) is 1. The Morgan fingerprint density at radius 3 is 2.56 bits per heavy atom. The summed E-state index contributed by atoms with van der Waals surface area (Å²) in [5, 5.41) is 9.36. The number of furan rings is 1. The van der Waals surface area contributed by atoms with Gasteiger partial charge >= 0.3 is 5.97 Å². The smallest absolute Gasteiger partial charge is 0.340 e. The first-order valence-electron chi connectivity index (χ1n) is 5.58. The van der Waals surface area contributed by atoms with Gasteiger partial charge in [-0.15, -0.1) is 0 Å². The zero-order valence-electron chi connectivity index (χ0n) is 10.00. The van der Waals surface area contributed by atoms with E-state index in [-0.39, 0.29) is 6.61 Å². The Morgan fingerprint density at radius 1 is 1.28 bits per heavy atom. The van der Waals surface area contributed by atoms with Crippen molar-refractivity contribution in [1.82, 2.24) is 0 Å². The topological polar surface area (TPSA) is 59.7 Å². The minimum absolute atomic E-state index is 0.116. The maximum atomic E-state index is 11.4. The molecule has 1 aromatic carbocycles. The summed E-state index contributed by atoms with van der Waals surface area (Å²) >= 11 is 0. The summed E-state index contributed by atoms with van der Waals surface area (Å²) in [4.78, 5) is 11.4. The molecule has 0 saturated carbocycles. The first-order chi connectivity index (χ1) is 8.63. The molecule has 1 aromatic heterocycles. The average Bonchev–Trinajstić information content (AvgIpc) is 2.90. The fraction of sp³-hybridized carbons (Fsp3) is 0.214. The number of benzene rings is 1. The predicted molar refractivity (Wildman–Crippen MR) is 64.9 cm³/mol. The van der Waals surface area contributed by atoms with Crippen LogP contribution in [0.5, 0.6) is 0 Å². The molecule has 1 heterocycles. The van der Waals surface area contributed by atoms with Gasteiger partial charge in [0.15, 0.2) is 5.60 Å². The lowest BCUT2D eigenvalue weighted by Gasteiger charge is -2.25. The normalized spacial score (nSPS) is 14.1. The Bertz CT molecular complexity index is 504. The molecule has 94 valence electrons. The van der Waals surface area contributed by atoms with Crippen LogP contribution in [-0.2, 0) is 21.7 Å². The number of carboxylic acid groups (broad SMARTS) is 1. The van der Waals surface area contributed by atoms with Gasteiger partial charge in [-0.05, 0) is 24.6 Å². The molecule has 18 heavy (non-hydrogen) atoms. The van der Waals surface area contributed by atoms with Gasteiger partial charge in [0.2, 0.25) is 0 Å². The molecule has 0 fully saturated rings. The minimum Gasteiger partial charge on any atom is -0.479 e. The van der Waals surface area contributed by atoms with Gasteiger partial charge in [0.1, 0.15) is 12.4 Å². The molecule has 0 radical (unpaired) electrons. The first-order valence-corrected chi connectivity index (χ1v) is 5.58. The lowest BCUT2D eigenvalue weighted by Crippen LogP contribution is -2.35. The zero-order valence-corrected chi connectivity index (χ0v) is 10.00. The van der Waals surface area contributed by atoms with Crippen LogP contribution in [0, 0.1) is 0 Å². The van der Waals surface area contributed by atoms with Crippen molar-refractivity contribution >= 4 is 5.97 Å². The van der Waals surface area contributed by atoms with Crippen LogP contribution < -0.4 is 0 Å². The second-order valence-electron chi connectivity index (χ2n) is 4.07. The van der Waals surface area contributed by atoms with E-state index in [1.807, 2.05) is 6.07 Å². The molecule has 0 aliphatic heterocycles. The summed E-state index contributed by atoms with van der Waals surface area (Å²) in [5.74, 6) is -0.432. The Balaban J connectivity index is 2.20. The number of rotatable bonds is 5. The van der Waals surface area contributed by atoms with Crippen LogP contribution in [0.4, 0.5) is 0 Å². The first kappa shape index (κ1) is 12.4. The highest BCUT2D eigenvalue weighted by Crippen LogP contribution is 2.27. The number of aliphatic carboxylic acids is 1. The molecule has 4 nitrogen and oxygen atoms in total. The van der Waals surface area contributed by atoms with Gasteiger partial charge in [0.25, 0.3) is 0 Å². The second kappa shape index (κ2) is 5.06. The van der Waals surface area contributed by atoms with Crippen LogP contribution in [0.15, 0.2) is 53.1 Å². The van der Waals surface area contributed by atoms with Gasteiger partial charge < -0.3 is 14.3 Å². The van der Waals surface area contributed by atoms with Gasteiger partial charge in [-0.3, -0.25) is 0 Å². The van der Waals surface area contributed by atoms with Crippen molar-refractivity contribution in [2.75, 3.05) is 0 Å². The van der Waals surface area contributed by atoms with Gasteiger partial charge in [-0.2, -0.15) is 0 Å². The molecule has 1 unspecified atom stereocenters. The molecule has 4 heteroatoms. The van der Waals surface area contributed by atoms with Crippen LogP contribution in [0.1, 0.15) is 18.2 Å². The van der Waals surface area contributed by atoms with Gasteiger partial charge in [-0.1, -0.05) is 30.3 Å². The largest absolute Gasteiger partial charge is 0.479 e. The quantitative estimate of drug-likeness (QED) is 0.881. The molecule has 2 rings (SSSR count). The number of ether oxygens (including phenoxy) is 1. The van der Waals surface area contributed by atoms with E-state index >= 15 is 0 Å². The van der Waals surface area contributed by atoms with Crippen molar-refractivity contribution in [3.8, 4) is 0 Å². The molecular weight excluding hydrogens is 232 g/mol. The second-order valence-corrected chi connectivity index (χ2v) is 4.07. The molecule has 0 spiro atoms. The van der Waals surface area contributed by atoms with E-state index < -0.39 is 11.6 Å². The minimum atomic E-state index is -1.38. The zero-order chi connectivity index (χ0) is 13.0. The van der Waals surface area contributed by atoms with Crippen LogP contribution in [-0.4, -0.2) is 11.1 Å². The van der Waals surface area contributed by atoms with Crippen LogP contribution in [0.3, 0.4) is 0 Å². The summed E-state index contributed by atoms with van der Waals surface area (Å²) in [6.45, 7) is 1.65. The highest BCUT2D eigenvalue weighted by molar-refractivity contribution is 5.78. The van der Waals surface area contributed by atoms with E-state index in [4.69, 9.17) is 9.15 Å². The van der Waals surface area contributed by atoms with E-state index in [1.165, 1.54) is 13.2 Å². The fourth-order valence-corrected chi connectivity index (χ4v) is 1.63. The van der Waals surface area contributed by atoms with E-state index in [1.54, 1.807) is 36.4 Å². The number of carbonyl (C=O) groups is 1. The molecule has 0 saturated heterocycles.